The molecule has 0 saturated heterocycles. The first-order chi connectivity index (χ1) is 14.2. The molecule has 1 aromatic heterocycles. The van der Waals surface area contributed by atoms with Gasteiger partial charge in [-0.3, -0.25) is 9.59 Å². The summed E-state index contributed by atoms with van der Waals surface area (Å²) in [6.45, 7) is 7.72. The molecular weight excluding hydrogens is 418 g/mol. The largest absolute Gasteiger partial charge is 0.350 e. The van der Waals surface area contributed by atoms with E-state index in [9.17, 15) is 9.59 Å². The molecule has 3 rings (SSSR count). The predicted octanol–water partition coefficient (Wildman–Crippen LogP) is 5.40. The zero-order chi connectivity index (χ0) is 21.8. The molecule has 0 atom stereocenters. The fraction of sp³-hybridized carbons (Fsp3) is 0.261. The number of hydrogen-bond acceptors (Lipinski definition) is 4. The highest BCUT2D eigenvalue weighted by Crippen LogP contribution is 2.29. The quantitative estimate of drug-likeness (QED) is 0.538. The van der Waals surface area contributed by atoms with Gasteiger partial charge in [-0.25, -0.2) is 4.98 Å². The van der Waals surface area contributed by atoms with E-state index in [0.717, 1.165) is 26.7 Å². The van der Waals surface area contributed by atoms with Crippen molar-refractivity contribution >= 4 is 40.4 Å². The Balaban J connectivity index is 1.83. The minimum atomic E-state index is -0.258. The van der Waals surface area contributed by atoms with Crippen molar-refractivity contribution in [1.82, 2.24) is 10.3 Å². The number of carbonyl (C=O) groups excluding carboxylic acids is 2. The first-order valence-corrected chi connectivity index (χ1v) is 10.9. The van der Waals surface area contributed by atoms with Crippen LogP contribution in [0.4, 0.5) is 5.69 Å². The number of aromatic nitrogens is 1. The molecule has 5 nitrogen and oxygen atoms in total. The molecule has 2 aromatic carbocycles. The summed E-state index contributed by atoms with van der Waals surface area (Å²) in [5, 5.41) is 7.03. The minimum absolute atomic E-state index is 0.0195. The Morgan fingerprint density at radius 2 is 1.80 bits per heavy atom. The Kier molecular flexibility index (Phi) is 6.90. The van der Waals surface area contributed by atoms with Crippen LogP contribution in [0.3, 0.4) is 0 Å². The molecule has 0 radical (unpaired) electrons. The second-order valence-corrected chi connectivity index (χ2v) is 9.14. The lowest BCUT2D eigenvalue weighted by molar-refractivity contribution is -0.115. The lowest BCUT2D eigenvalue weighted by atomic mass is 10.1. The van der Waals surface area contributed by atoms with Gasteiger partial charge in [0.15, 0.2) is 0 Å². The Bertz CT molecular complexity index is 1070. The van der Waals surface area contributed by atoms with Crippen LogP contribution in [-0.2, 0) is 11.2 Å². The zero-order valence-electron chi connectivity index (χ0n) is 17.4. The van der Waals surface area contributed by atoms with Gasteiger partial charge in [0.05, 0.1) is 28.4 Å². The van der Waals surface area contributed by atoms with Crippen molar-refractivity contribution in [3.63, 3.8) is 0 Å². The van der Waals surface area contributed by atoms with Crippen LogP contribution >= 0.6 is 22.9 Å². The highest BCUT2D eigenvalue weighted by atomic mass is 35.5. The molecule has 2 N–H and O–H groups in total. The number of carbonyl (C=O) groups is 2. The molecule has 0 unspecified atom stereocenters. The van der Waals surface area contributed by atoms with E-state index in [2.05, 4.69) is 15.6 Å². The van der Waals surface area contributed by atoms with Crippen LogP contribution in [0.25, 0.3) is 11.3 Å². The van der Waals surface area contributed by atoms with Crippen LogP contribution in [0, 0.1) is 13.8 Å². The van der Waals surface area contributed by atoms with Crippen LogP contribution in [-0.4, -0.2) is 22.8 Å². The molecule has 0 spiro atoms. The number of amides is 2. The van der Waals surface area contributed by atoms with Gasteiger partial charge < -0.3 is 10.6 Å². The van der Waals surface area contributed by atoms with Crippen molar-refractivity contribution in [2.75, 3.05) is 5.32 Å². The lowest BCUT2D eigenvalue weighted by Gasteiger charge is -2.13. The SMILES string of the molecule is Cc1ccc(-c2nc(C)sc2CC(=O)Nc2cc(Cl)ccc2C(=O)NC(C)C)cc1. The van der Waals surface area contributed by atoms with Crippen molar-refractivity contribution in [3.05, 3.63) is 68.5 Å². The van der Waals surface area contributed by atoms with Crippen molar-refractivity contribution < 1.29 is 9.59 Å². The maximum atomic E-state index is 12.8. The molecule has 156 valence electrons. The van der Waals surface area contributed by atoms with E-state index in [1.807, 2.05) is 52.0 Å². The summed E-state index contributed by atoms with van der Waals surface area (Å²) < 4.78 is 0. The van der Waals surface area contributed by atoms with Gasteiger partial charge in [-0.1, -0.05) is 41.4 Å². The number of aryl methyl sites for hydroxylation is 2. The van der Waals surface area contributed by atoms with Gasteiger partial charge in [0, 0.05) is 21.5 Å². The molecule has 0 aliphatic carbocycles. The molecule has 0 aliphatic rings. The summed E-state index contributed by atoms with van der Waals surface area (Å²) in [4.78, 5) is 30.8. The van der Waals surface area contributed by atoms with Crippen LogP contribution in [0.15, 0.2) is 42.5 Å². The number of hydrogen-bond donors (Lipinski definition) is 2. The van der Waals surface area contributed by atoms with Crippen molar-refractivity contribution in [3.8, 4) is 11.3 Å². The second-order valence-electron chi connectivity index (χ2n) is 7.41. The normalized spacial score (nSPS) is 10.9. The van der Waals surface area contributed by atoms with E-state index >= 15 is 0 Å². The lowest BCUT2D eigenvalue weighted by Crippen LogP contribution is -2.31. The Morgan fingerprint density at radius 1 is 1.10 bits per heavy atom. The highest BCUT2D eigenvalue weighted by Gasteiger charge is 2.18. The van der Waals surface area contributed by atoms with Crippen LogP contribution in [0.5, 0.6) is 0 Å². The number of halogens is 1. The van der Waals surface area contributed by atoms with E-state index in [-0.39, 0.29) is 24.3 Å². The van der Waals surface area contributed by atoms with Crippen LogP contribution < -0.4 is 10.6 Å². The summed E-state index contributed by atoms with van der Waals surface area (Å²) in [7, 11) is 0. The van der Waals surface area contributed by atoms with E-state index < -0.39 is 0 Å². The van der Waals surface area contributed by atoms with E-state index in [4.69, 9.17) is 11.6 Å². The molecule has 2 amide bonds. The number of anilines is 1. The Labute approximate surface area is 185 Å². The van der Waals surface area contributed by atoms with Gasteiger partial charge in [0.1, 0.15) is 0 Å². The zero-order valence-corrected chi connectivity index (χ0v) is 18.9. The molecule has 30 heavy (non-hydrogen) atoms. The van der Waals surface area contributed by atoms with Crippen LogP contribution in [0.1, 0.15) is 39.7 Å². The third-order valence-electron chi connectivity index (χ3n) is 4.37. The fourth-order valence-corrected chi connectivity index (χ4v) is 4.15. The van der Waals surface area contributed by atoms with Crippen molar-refractivity contribution in [2.45, 2.75) is 40.2 Å². The maximum absolute atomic E-state index is 12.8. The summed E-state index contributed by atoms with van der Waals surface area (Å²) in [5.41, 5.74) is 3.73. The Morgan fingerprint density at radius 3 is 2.47 bits per heavy atom. The molecule has 0 bridgehead atoms. The Hall–Kier alpha value is -2.70. The molecule has 0 fully saturated rings. The van der Waals surface area contributed by atoms with Gasteiger partial charge in [-0.05, 0) is 45.9 Å². The van der Waals surface area contributed by atoms with Gasteiger partial charge >= 0.3 is 0 Å². The van der Waals surface area contributed by atoms with Crippen LogP contribution in [0.2, 0.25) is 5.02 Å². The second kappa shape index (κ2) is 9.41. The standard InChI is InChI=1S/C23H24ClN3O2S/c1-13(2)25-23(29)18-10-9-17(24)11-19(18)27-21(28)12-20-22(26-15(4)30-20)16-7-5-14(3)6-8-16/h5-11,13H,12H2,1-4H3,(H,25,29)(H,27,28). The van der Waals surface area contributed by atoms with Gasteiger partial charge in [0.2, 0.25) is 5.91 Å². The first-order valence-electron chi connectivity index (χ1n) is 9.66. The van der Waals surface area contributed by atoms with E-state index in [0.29, 0.717) is 16.3 Å². The topological polar surface area (TPSA) is 71.1 Å². The minimum Gasteiger partial charge on any atom is -0.350 e. The van der Waals surface area contributed by atoms with Crippen molar-refractivity contribution in [1.29, 1.82) is 0 Å². The van der Waals surface area contributed by atoms with E-state index in [1.165, 1.54) is 11.3 Å². The monoisotopic (exact) mass is 441 g/mol. The third-order valence-corrected chi connectivity index (χ3v) is 5.58. The molecule has 3 aromatic rings. The van der Waals surface area contributed by atoms with Crippen molar-refractivity contribution in [2.24, 2.45) is 0 Å². The smallest absolute Gasteiger partial charge is 0.253 e. The predicted molar refractivity (Wildman–Crippen MR) is 123 cm³/mol. The number of nitrogens with one attached hydrogen (secondary N) is 2. The number of benzene rings is 2. The summed E-state index contributed by atoms with van der Waals surface area (Å²) in [5.74, 6) is -0.487. The summed E-state index contributed by atoms with van der Waals surface area (Å²) >= 11 is 7.60. The molecule has 0 aliphatic heterocycles. The molecular formula is C23H24ClN3O2S. The average Bonchev–Trinajstić information content (AvgIpc) is 3.01. The summed E-state index contributed by atoms with van der Waals surface area (Å²) in [6, 6.07) is 12.9. The number of rotatable bonds is 6. The summed E-state index contributed by atoms with van der Waals surface area (Å²) in [6.07, 6.45) is 0.159. The third kappa shape index (κ3) is 5.46. The molecule has 1 heterocycles. The average molecular weight is 442 g/mol. The first kappa shape index (κ1) is 22.0. The number of thiazole rings is 1. The fourth-order valence-electron chi connectivity index (χ4n) is 3.02. The highest BCUT2D eigenvalue weighted by molar-refractivity contribution is 7.12. The van der Waals surface area contributed by atoms with Gasteiger partial charge in [0.25, 0.3) is 5.91 Å². The maximum Gasteiger partial charge on any atom is 0.253 e. The molecule has 7 heteroatoms. The number of nitrogens with zero attached hydrogens (tertiary/aromatic N) is 1. The van der Waals surface area contributed by atoms with E-state index in [1.54, 1.807) is 18.2 Å². The van der Waals surface area contributed by atoms with Gasteiger partial charge in [-0.2, -0.15) is 0 Å². The van der Waals surface area contributed by atoms with Gasteiger partial charge in [-0.15, -0.1) is 11.3 Å². The molecule has 0 saturated carbocycles.